The Hall–Kier alpha value is -2.56. The molecule has 0 unspecified atom stereocenters. The van der Waals surface area contributed by atoms with Gasteiger partial charge >= 0.3 is 5.97 Å². The van der Waals surface area contributed by atoms with Gasteiger partial charge in [-0.15, -0.1) is 0 Å². The summed E-state index contributed by atoms with van der Waals surface area (Å²) in [5, 5.41) is 0. The van der Waals surface area contributed by atoms with E-state index in [1.807, 2.05) is 51.1 Å². The summed E-state index contributed by atoms with van der Waals surface area (Å²) in [7, 11) is 0. The molecule has 0 saturated carbocycles. The van der Waals surface area contributed by atoms with Crippen LogP contribution in [0.4, 0.5) is 5.82 Å². The van der Waals surface area contributed by atoms with Crippen LogP contribution in [0.15, 0.2) is 42.6 Å². The highest BCUT2D eigenvalue weighted by Gasteiger charge is 2.17. The molecule has 5 heteroatoms. The summed E-state index contributed by atoms with van der Waals surface area (Å²) in [4.78, 5) is 15.9. The van der Waals surface area contributed by atoms with Gasteiger partial charge in [-0.25, -0.2) is 4.98 Å². The molecule has 116 valence electrons. The molecule has 0 spiro atoms. The highest BCUT2D eigenvalue weighted by atomic mass is 16.6. The molecule has 0 amide bonds. The average molecular weight is 300 g/mol. The SMILES string of the molecule is CC(C)(C)OC(=O)Cc1cnc(N)c(Oc2ccccc2)c1. The number of nitrogens with two attached hydrogens (primary N) is 1. The van der Waals surface area contributed by atoms with Crippen molar-refractivity contribution in [2.24, 2.45) is 0 Å². The lowest BCUT2D eigenvalue weighted by Gasteiger charge is -2.19. The number of carbonyl (C=O) groups is 1. The average Bonchev–Trinajstić information content (AvgIpc) is 2.41. The van der Waals surface area contributed by atoms with Crippen LogP contribution in [0.5, 0.6) is 11.5 Å². The minimum atomic E-state index is -0.512. The molecule has 2 N–H and O–H groups in total. The third-order valence-electron chi connectivity index (χ3n) is 2.68. The molecule has 1 aromatic carbocycles. The molecule has 1 heterocycles. The Morgan fingerprint density at radius 1 is 1.23 bits per heavy atom. The van der Waals surface area contributed by atoms with E-state index in [0.717, 1.165) is 0 Å². The molecule has 1 aromatic heterocycles. The first-order chi connectivity index (χ1) is 10.3. The van der Waals surface area contributed by atoms with E-state index in [2.05, 4.69) is 4.98 Å². The van der Waals surface area contributed by atoms with Crippen LogP contribution in [0.2, 0.25) is 0 Å². The van der Waals surface area contributed by atoms with Crippen LogP contribution in [0, 0.1) is 0 Å². The highest BCUT2D eigenvalue weighted by Crippen LogP contribution is 2.26. The molecule has 0 bridgehead atoms. The number of nitrogen functional groups attached to an aromatic ring is 1. The summed E-state index contributed by atoms with van der Waals surface area (Å²) < 4.78 is 11.0. The van der Waals surface area contributed by atoms with Gasteiger partial charge in [0.05, 0.1) is 6.42 Å². The van der Waals surface area contributed by atoms with Crippen LogP contribution >= 0.6 is 0 Å². The van der Waals surface area contributed by atoms with Gasteiger partial charge in [0.15, 0.2) is 11.6 Å². The maximum absolute atomic E-state index is 11.9. The second-order valence-corrected chi connectivity index (χ2v) is 5.91. The van der Waals surface area contributed by atoms with Crippen molar-refractivity contribution < 1.29 is 14.3 Å². The van der Waals surface area contributed by atoms with E-state index in [1.54, 1.807) is 12.3 Å². The van der Waals surface area contributed by atoms with Crippen molar-refractivity contribution in [1.82, 2.24) is 4.98 Å². The van der Waals surface area contributed by atoms with E-state index in [-0.39, 0.29) is 18.2 Å². The number of ether oxygens (including phenoxy) is 2. The zero-order chi connectivity index (χ0) is 16.2. The lowest BCUT2D eigenvalue weighted by molar-refractivity contribution is -0.153. The summed E-state index contributed by atoms with van der Waals surface area (Å²) in [6, 6.07) is 11.0. The Balaban J connectivity index is 2.11. The fourth-order valence-electron chi connectivity index (χ4n) is 1.83. The monoisotopic (exact) mass is 300 g/mol. The van der Waals surface area contributed by atoms with E-state index in [4.69, 9.17) is 15.2 Å². The molecule has 22 heavy (non-hydrogen) atoms. The van der Waals surface area contributed by atoms with Crippen LogP contribution < -0.4 is 10.5 Å². The number of nitrogens with zero attached hydrogens (tertiary/aromatic N) is 1. The maximum atomic E-state index is 11.9. The van der Waals surface area contributed by atoms with Gasteiger partial charge in [0, 0.05) is 6.20 Å². The fraction of sp³-hybridized carbons (Fsp3) is 0.294. The predicted molar refractivity (Wildman–Crippen MR) is 84.7 cm³/mol. The molecular weight excluding hydrogens is 280 g/mol. The normalized spacial score (nSPS) is 11.0. The first kappa shape index (κ1) is 15.8. The number of pyridine rings is 1. The number of para-hydroxylation sites is 1. The van der Waals surface area contributed by atoms with Gasteiger partial charge in [0.1, 0.15) is 11.4 Å². The van der Waals surface area contributed by atoms with E-state index >= 15 is 0 Å². The molecule has 0 aliphatic rings. The Labute approximate surface area is 130 Å². The molecule has 5 nitrogen and oxygen atoms in total. The second kappa shape index (κ2) is 6.47. The Bertz CT molecular complexity index is 649. The predicted octanol–water partition coefficient (Wildman–Crippen LogP) is 3.34. The number of benzene rings is 1. The molecule has 0 atom stereocenters. The molecule has 2 aromatic rings. The molecular formula is C17H20N2O3. The Kier molecular flexibility index (Phi) is 4.65. The number of carbonyl (C=O) groups excluding carboxylic acids is 1. The Morgan fingerprint density at radius 2 is 1.91 bits per heavy atom. The maximum Gasteiger partial charge on any atom is 0.310 e. The minimum Gasteiger partial charge on any atom is -0.460 e. The van der Waals surface area contributed by atoms with Crippen LogP contribution in [0.25, 0.3) is 0 Å². The molecule has 0 fully saturated rings. The summed E-state index contributed by atoms with van der Waals surface area (Å²) in [6.07, 6.45) is 1.67. The number of esters is 1. The van der Waals surface area contributed by atoms with Crippen LogP contribution in [-0.2, 0) is 16.0 Å². The van der Waals surface area contributed by atoms with Gasteiger partial charge in [-0.05, 0) is 44.5 Å². The Morgan fingerprint density at radius 3 is 2.55 bits per heavy atom. The van der Waals surface area contributed by atoms with E-state index in [1.165, 1.54) is 0 Å². The number of hydrogen-bond acceptors (Lipinski definition) is 5. The minimum absolute atomic E-state index is 0.121. The summed E-state index contributed by atoms with van der Waals surface area (Å²) in [5.74, 6) is 1.04. The molecule has 0 radical (unpaired) electrons. The summed E-state index contributed by atoms with van der Waals surface area (Å²) >= 11 is 0. The number of anilines is 1. The molecule has 0 aliphatic carbocycles. The van der Waals surface area contributed by atoms with Crippen molar-refractivity contribution in [2.45, 2.75) is 32.8 Å². The van der Waals surface area contributed by atoms with Gasteiger partial charge in [-0.2, -0.15) is 0 Å². The van der Waals surface area contributed by atoms with Gasteiger partial charge < -0.3 is 15.2 Å². The first-order valence-corrected chi connectivity index (χ1v) is 7.02. The third kappa shape index (κ3) is 4.77. The molecule has 0 aliphatic heterocycles. The fourth-order valence-corrected chi connectivity index (χ4v) is 1.83. The van der Waals surface area contributed by atoms with Crippen molar-refractivity contribution in [2.75, 3.05) is 5.73 Å². The summed E-state index contributed by atoms with van der Waals surface area (Å²) in [5.41, 5.74) is 5.99. The van der Waals surface area contributed by atoms with Gasteiger partial charge in [-0.3, -0.25) is 4.79 Å². The zero-order valence-corrected chi connectivity index (χ0v) is 13.0. The zero-order valence-electron chi connectivity index (χ0n) is 13.0. The smallest absolute Gasteiger partial charge is 0.310 e. The quantitative estimate of drug-likeness (QED) is 0.876. The molecule has 2 rings (SSSR count). The van der Waals surface area contributed by atoms with Crippen molar-refractivity contribution in [3.63, 3.8) is 0 Å². The van der Waals surface area contributed by atoms with Crippen molar-refractivity contribution in [3.8, 4) is 11.5 Å². The lowest BCUT2D eigenvalue weighted by atomic mass is 10.1. The van der Waals surface area contributed by atoms with E-state index < -0.39 is 5.60 Å². The number of aromatic nitrogens is 1. The topological polar surface area (TPSA) is 74.4 Å². The van der Waals surface area contributed by atoms with E-state index in [9.17, 15) is 4.79 Å². The number of rotatable bonds is 4. The van der Waals surface area contributed by atoms with Crippen molar-refractivity contribution in [3.05, 3.63) is 48.2 Å². The number of hydrogen-bond donors (Lipinski definition) is 1. The standard InChI is InChI=1S/C17H20N2O3/c1-17(2,3)22-15(20)10-12-9-14(16(18)19-11-12)21-13-7-5-4-6-8-13/h4-9,11H,10H2,1-3H3,(H2,18,19). The van der Waals surface area contributed by atoms with Crippen LogP contribution in [0.1, 0.15) is 26.3 Å². The van der Waals surface area contributed by atoms with Crippen LogP contribution in [0.3, 0.4) is 0 Å². The highest BCUT2D eigenvalue weighted by molar-refractivity contribution is 5.73. The second-order valence-electron chi connectivity index (χ2n) is 5.91. The van der Waals surface area contributed by atoms with Gasteiger partial charge in [-0.1, -0.05) is 18.2 Å². The lowest BCUT2D eigenvalue weighted by Crippen LogP contribution is -2.24. The molecule has 0 saturated heterocycles. The summed E-state index contributed by atoms with van der Waals surface area (Å²) in [6.45, 7) is 5.49. The van der Waals surface area contributed by atoms with Gasteiger partial charge in [0.2, 0.25) is 0 Å². The van der Waals surface area contributed by atoms with Crippen molar-refractivity contribution >= 4 is 11.8 Å². The van der Waals surface area contributed by atoms with Crippen LogP contribution in [-0.4, -0.2) is 16.6 Å². The van der Waals surface area contributed by atoms with Crippen molar-refractivity contribution in [1.29, 1.82) is 0 Å². The first-order valence-electron chi connectivity index (χ1n) is 7.02. The third-order valence-corrected chi connectivity index (χ3v) is 2.68. The van der Waals surface area contributed by atoms with E-state index in [0.29, 0.717) is 17.1 Å². The largest absolute Gasteiger partial charge is 0.460 e. The van der Waals surface area contributed by atoms with Gasteiger partial charge in [0.25, 0.3) is 0 Å².